The molecule has 0 saturated heterocycles. The van der Waals surface area contributed by atoms with Crippen LogP contribution in [0.25, 0.3) is 0 Å². The fraction of sp³-hybridized carbons (Fsp3) is 0.571. The molecule has 2 heterocycles. The van der Waals surface area contributed by atoms with E-state index in [0.717, 1.165) is 22.9 Å². The van der Waals surface area contributed by atoms with Crippen LogP contribution in [-0.2, 0) is 11.8 Å². The molecule has 6 heteroatoms. The van der Waals surface area contributed by atoms with E-state index in [1.54, 1.807) is 18.4 Å². The first-order valence-electron chi connectivity index (χ1n) is 6.69. The number of ether oxygens (including phenoxy) is 1. The maximum Gasteiger partial charge on any atom is 0.115 e. The minimum absolute atomic E-state index is 0.0799. The summed E-state index contributed by atoms with van der Waals surface area (Å²) >= 11 is 1.74. The van der Waals surface area contributed by atoms with E-state index in [2.05, 4.69) is 31.2 Å². The smallest absolute Gasteiger partial charge is 0.115 e. The van der Waals surface area contributed by atoms with Gasteiger partial charge in [-0.3, -0.25) is 4.68 Å². The van der Waals surface area contributed by atoms with Crippen LogP contribution in [0.2, 0.25) is 0 Å². The third-order valence-corrected chi connectivity index (χ3v) is 4.67. The molecule has 0 aliphatic rings. The average Bonchev–Trinajstić information content (AvgIpc) is 2.91. The van der Waals surface area contributed by atoms with Crippen LogP contribution in [0.5, 0.6) is 0 Å². The Hall–Kier alpha value is -1.24. The van der Waals surface area contributed by atoms with Crippen molar-refractivity contribution in [1.82, 2.24) is 20.1 Å². The number of thiazole rings is 1. The van der Waals surface area contributed by atoms with Crippen molar-refractivity contribution in [2.45, 2.75) is 26.8 Å². The molecule has 1 atom stereocenters. The van der Waals surface area contributed by atoms with Crippen molar-refractivity contribution < 1.29 is 4.74 Å². The topological polar surface area (TPSA) is 52.0 Å². The van der Waals surface area contributed by atoms with Crippen molar-refractivity contribution in [3.8, 4) is 0 Å². The van der Waals surface area contributed by atoms with Gasteiger partial charge in [-0.05, 0) is 20.8 Å². The van der Waals surface area contributed by atoms with Crippen molar-refractivity contribution in [2.75, 3.05) is 20.3 Å². The van der Waals surface area contributed by atoms with E-state index in [1.165, 1.54) is 10.4 Å². The second-order valence-corrected chi connectivity index (χ2v) is 6.12. The van der Waals surface area contributed by atoms with Crippen molar-refractivity contribution in [2.24, 2.45) is 7.05 Å². The molecular formula is C14H22N4OS. The van der Waals surface area contributed by atoms with Crippen LogP contribution in [0.4, 0.5) is 0 Å². The number of hydrogen-bond donors (Lipinski definition) is 1. The highest BCUT2D eigenvalue weighted by Gasteiger charge is 2.22. The highest BCUT2D eigenvalue weighted by atomic mass is 32.1. The molecule has 1 N–H and O–H groups in total. The number of nitrogens with one attached hydrogen (secondary N) is 1. The molecule has 20 heavy (non-hydrogen) atoms. The van der Waals surface area contributed by atoms with Crippen LogP contribution in [0.15, 0.2) is 6.20 Å². The number of nitrogens with zero attached hydrogens (tertiary/aromatic N) is 3. The molecule has 0 amide bonds. The highest BCUT2D eigenvalue weighted by Crippen LogP contribution is 2.29. The predicted molar refractivity (Wildman–Crippen MR) is 81.3 cm³/mol. The van der Waals surface area contributed by atoms with Gasteiger partial charge in [-0.25, -0.2) is 4.98 Å². The van der Waals surface area contributed by atoms with E-state index in [1.807, 2.05) is 17.9 Å². The summed E-state index contributed by atoms with van der Waals surface area (Å²) in [6.07, 6.45) is 1.92. The van der Waals surface area contributed by atoms with E-state index < -0.39 is 0 Å². The second kappa shape index (κ2) is 6.47. The number of hydrogen-bond acceptors (Lipinski definition) is 5. The fourth-order valence-electron chi connectivity index (χ4n) is 2.06. The fourth-order valence-corrected chi connectivity index (χ4v) is 3.07. The second-order valence-electron chi connectivity index (χ2n) is 4.88. The molecule has 2 rings (SSSR count). The van der Waals surface area contributed by atoms with E-state index >= 15 is 0 Å². The summed E-state index contributed by atoms with van der Waals surface area (Å²) in [5.41, 5.74) is 3.44. The number of aromatic nitrogens is 3. The molecule has 2 aromatic rings. The molecule has 0 aliphatic carbocycles. The zero-order valence-electron chi connectivity index (χ0n) is 12.7. The Morgan fingerprint density at radius 1 is 1.40 bits per heavy atom. The van der Waals surface area contributed by atoms with Gasteiger partial charge >= 0.3 is 0 Å². The van der Waals surface area contributed by atoms with Gasteiger partial charge in [-0.15, -0.1) is 11.3 Å². The SMILES string of the molecule is COCCNC(c1nc(C)c(C)s1)c1cnn(C)c1C. The minimum atomic E-state index is 0.0799. The third kappa shape index (κ3) is 3.08. The number of aryl methyl sites for hydroxylation is 3. The van der Waals surface area contributed by atoms with Crippen molar-refractivity contribution >= 4 is 11.3 Å². The number of rotatable bonds is 6. The van der Waals surface area contributed by atoms with E-state index in [4.69, 9.17) is 9.72 Å². The number of methoxy groups -OCH3 is 1. The molecule has 0 fully saturated rings. The third-order valence-electron chi connectivity index (χ3n) is 3.53. The van der Waals surface area contributed by atoms with E-state index in [9.17, 15) is 0 Å². The monoisotopic (exact) mass is 294 g/mol. The lowest BCUT2D eigenvalue weighted by atomic mass is 10.1. The van der Waals surface area contributed by atoms with Gasteiger partial charge in [0.25, 0.3) is 0 Å². The highest BCUT2D eigenvalue weighted by molar-refractivity contribution is 7.11. The normalized spacial score (nSPS) is 12.8. The summed E-state index contributed by atoms with van der Waals surface area (Å²) in [5, 5.41) is 8.95. The Bertz CT molecular complexity index is 556. The van der Waals surface area contributed by atoms with Crippen LogP contribution in [-0.4, -0.2) is 35.0 Å². The first kappa shape index (κ1) is 15.2. The molecule has 0 aliphatic heterocycles. The summed E-state index contributed by atoms with van der Waals surface area (Å²) in [6.45, 7) is 7.71. The van der Waals surface area contributed by atoms with Gasteiger partial charge in [0.1, 0.15) is 5.01 Å². The summed E-state index contributed by atoms with van der Waals surface area (Å²) in [5.74, 6) is 0. The van der Waals surface area contributed by atoms with Gasteiger partial charge < -0.3 is 10.1 Å². The summed E-state index contributed by atoms with van der Waals surface area (Å²) in [4.78, 5) is 5.96. The van der Waals surface area contributed by atoms with E-state index in [0.29, 0.717) is 6.61 Å². The summed E-state index contributed by atoms with van der Waals surface area (Å²) in [7, 11) is 3.67. The maximum atomic E-state index is 5.13. The molecule has 5 nitrogen and oxygen atoms in total. The van der Waals surface area contributed by atoms with Gasteiger partial charge in [0, 0.05) is 36.8 Å². The van der Waals surface area contributed by atoms with Gasteiger partial charge in [0.05, 0.1) is 24.5 Å². The Kier molecular flexibility index (Phi) is 4.91. The molecule has 1 unspecified atom stereocenters. The molecule has 0 saturated carbocycles. The molecule has 2 aromatic heterocycles. The summed E-state index contributed by atoms with van der Waals surface area (Å²) in [6, 6.07) is 0.0799. The summed E-state index contributed by atoms with van der Waals surface area (Å²) < 4.78 is 7.02. The molecule has 0 spiro atoms. The zero-order chi connectivity index (χ0) is 14.7. The molecular weight excluding hydrogens is 272 g/mol. The minimum Gasteiger partial charge on any atom is -0.383 e. The van der Waals surface area contributed by atoms with Gasteiger partial charge in [-0.2, -0.15) is 5.10 Å². The van der Waals surface area contributed by atoms with Gasteiger partial charge in [0.2, 0.25) is 0 Å². The first-order valence-corrected chi connectivity index (χ1v) is 7.51. The van der Waals surface area contributed by atoms with Crippen LogP contribution in [0, 0.1) is 20.8 Å². The molecule has 110 valence electrons. The molecule has 0 radical (unpaired) electrons. The lowest BCUT2D eigenvalue weighted by Gasteiger charge is -2.16. The van der Waals surface area contributed by atoms with Crippen molar-refractivity contribution in [3.63, 3.8) is 0 Å². The van der Waals surface area contributed by atoms with Gasteiger partial charge in [0.15, 0.2) is 0 Å². The lowest BCUT2D eigenvalue weighted by molar-refractivity contribution is 0.197. The molecule has 0 bridgehead atoms. The Labute approximate surface area is 124 Å². The quantitative estimate of drug-likeness (QED) is 0.829. The lowest BCUT2D eigenvalue weighted by Crippen LogP contribution is -2.26. The van der Waals surface area contributed by atoms with Crippen LogP contribution in [0.1, 0.15) is 32.9 Å². The molecule has 0 aromatic carbocycles. The van der Waals surface area contributed by atoms with Crippen LogP contribution in [0.3, 0.4) is 0 Å². The van der Waals surface area contributed by atoms with Crippen LogP contribution < -0.4 is 5.32 Å². The first-order chi connectivity index (χ1) is 9.54. The largest absolute Gasteiger partial charge is 0.383 e. The zero-order valence-corrected chi connectivity index (χ0v) is 13.5. The van der Waals surface area contributed by atoms with Crippen molar-refractivity contribution in [1.29, 1.82) is 0 Å². The van der Waals surface area contributed by atoms with Gasteiger partial charge in [-0.1, -0.05) is 0 Å². The van der Waals surface area contributed by atoms with E-state index in [-0.39, 0.29) is 6.04 Å². The van der Waals surface area contributed by atoms with Crippen LogP contribution >= 0.6 is 11.3 Å². The Morgan fingerprint density at radius 3 is 2.65 bits per heavy atom. The standard InChI is InChI=1S/C14H22N4OS/c1-9-11(3)20-14(17-9)13(15-6-7-19-5)12-8-16-18(4)10(12)2/h8,13,15H,6-7H2,1-5H3. The predicted octanol–water partition coefficient (Wildman–Crippen LogP) is 2.13. The maximum absolute atomic E-state index is 5.13. The van der Waals surface area contributed by atoms with Crippen molar-refractivity contribution in [3.05, 3.63) is 33.0 Å². The Balaban J connectivity index is 2.31. The average molecular weight is 294 g/mol. The Morgan fingerprint density at radius 2 is 2.15 bits per heavy atom.